The Labute approximate surface area is 155 Å². The number of para-hydroxylation sites is 1. The second kappa shape index (κ2) is 6.96. The molecule has 0 saturated heterocycles. The van der Waals surface area contributed by atoms with E-state index < -0.39 is 0 Å². The molecule has 3 atom stereocenters. The van der Waals surface area contributed by atoms with Gasteiger partial charge in [0.2, 0.25) is 10.9 Å². The van der Waals surface area contributed by atoms with Gasteiger partial charge in [0, 0.05) is 6.04 Å². The predicted octanol–water partition coefficient (Wildman–Crippen LogP) is 4.12. The number of aromatic nitrogens is 3. The standard InChI is InChI=1S/C18H22N4OS2/c1-11-7-3-4-8-13(11)19-16(23)12(2)24-17-20-21-18-22(17)14-9-5-6-10-15(14)25-18/h5-6,9-13H,3-4,7-8H2,1-2H3,(H,19,23)/t11-,12-,13+/m0/s1. The van der Waals surface area contributed by atoms with Crippen LogP contribution in [0.1, 0.15) is 39.5 Å². The molecule has 5 nitrogen and oxygen atoms in total. The lowest BCUT2D eigenvalue weighted by molar-refractivity contribution is -0.121. The molecule has 7 heteroatoms. The molecular weight excluding hydrogens is 352 g/mol. The number of amides is 1. The van der Waals surface area contributed by atoms with Crippen LogP contribution in [0.3, 0.4) is 0 Å². The molecular formula is C18H22N4OS2. The zero-order chi connectivity index (χ0) is 17.4. The monoisotopic (exact) mass is 374 g/mol. The Hall–Kier alpha value is -1.60. The second-order valence-corrected chi connectivity index (χ2v) is 9.12. The van der Waals surface area contributed by atoms with Crippen LogP contribution in [-0.4, -0.2) is 31.8 Å². The summed E-state index contributed by atoms with van der Waals surface area (Å²) in [5.41, 5.74) is 1.10. The van der Waals surface area contributed by atoms with E-state index in [4.69, 9.17) is 0 Å². The van der Waals surface area contributed by atoms with Crippen LogP contribution < -0.4 is 5.32 Å². The van der Waals surface area contributed by atoms with Crippen LogP contribution in [0.15, 0.2) is 29.4 Å². The van der Waals surface area contributed by atoms with Gasteiger partial charge < -0.3 is 5.32 Å². The lowest BCUT2D eigenvalue weighted by Crippen LogP contribution is -2.44. The van der Waals surface area contributed by atoms with Crippen LogP contribution in [0, 0.1) is 5.92 Å². The lowest BCUT2D eigenvalue weighted by Gasteiger charge is -2.30. The SMILES string of the molecule is C[C@H](Sc1nnc2sc3ccccc3n12)C(=O)N[C@@H]1CCCC[C@@H]1C. The first-order chi connectivity index (χ1) is 12.1. The maximum Gasteiger partial charge on any atom is 0.233 e. The van der Waals surface area contributed by atoms with E-state index >= 15 is 0 Å². The van der Waals surface area contributed by atoms with Crippen LogP contribution in [0.4, 0.5) is 0 Å². The minimum absolute atomic E-state index is 0.0973. The van der Waals surface area contributed by atoms with Gasteiger partial charge in [-0.05, 0) is 37.8 Å². The highest BCUT2D eigenvalue weighted by Crippen LogP contribution is 2.31. The lowest BCUT2D eigenvalue weighted by atomic mass is 9.86. The molecule has 1 N–H and O–H groups in total. The molecule has 3 aromatic rings. The predicted molar refractivity (Wildman–Crippen MR) is 103 cm³/mol. The minimum Gasteiger partial charge on any atom is -0.352 e. The van der Waals surface area contributed by atoms with Gasteiger partial charge in [0.15, 0.2) is 5.16 Å². The average Bonchev–Trinajstić information content (AvgIpc) is 3.16. The second-order valence-electron chi connectivity index (χ2n) is 6.81. The molecule has 1 amide bonds. The van der Waals surface area contributed by atoms with E-state index in [-0.39, 0.29) is 11.2 Å². The summed E-state index contributed by atoms with van der Waals surface area (Å²) in [6, 6.07) is 8.51. The number of rotatable bonds is 4. The van der Waals surface area contributed by atoms with E-state index in [0.29, 0.717) is 12.0 Å². The van der Waals surface area contributed by atoms with E-state index in [1.165, 1.54) is 35.7 Å². The first kappa shape index (κ1) is 16.8. The van der Waals surface area contributed by atoms with Gasteiger partial charge in [0.05, 0.1) is 15.5 Å². The number of thioether (sulfide) groups is 1. The summed E-state index contributed by atoms with van der Waals surface area (Å²) in [5, 5.41) is 12.4. The summed E-state index contributed by atoms with van der Waals surface area (Å²) in [6.07, 6.45) is 4.79. The molecule has 0 aliphatic heterocycles. The normalized spacial score (nSPS) is 22.3. The Morgan fingerprint density at radius 3 is 2.96 bits per heavy atom. The van der Waals surface area contributed by atoms with Gasteiger partial charge in [-0.2, -0.15) is 0 Å². The van der Waals surface area contributed by atoms with Crippen molar-refractivity contribution in [3.63, 3.8) is 0 Å². The summed E-state index contributed by atoms with van der Waals surface area (Å²) in [7, 11) is 0. The molecule has 1 fully saturated rings. The number of nitrogens with one attached hydrogen (secondary N) is 1. The van der Waals surface area contributed by atoms with Crippen molar-refractivity contribution in [2.75, 3.05) is 0 Å². The van der Waals surface area contributed by atoms with Gasteiger partial charge in [-0.25, -0.2) is 0 Å². The molecule has 4 rings (SSSR count). The molecule has 1 saturated carbocycles. The highest BCUT2D eigenvalue weighted by atomic mass is 32.2. The van der Waals surface area contributed by atoms with Crippen molar-refractivity contribution in [2.45, 2.75) is 56.0 Å². The maximum atomic E-state index is 12.6. The third-order valence-electron chi connectivity index (χ3n) is 5.00. The van der Waals surface area contributed by atoms with Gasteiger partial charge in [0.25, 0.3) is 0 Å². The number of nitrogens with zero attached hydrogens (tertiary/aromatic N) is 3. The van der Waals surface area contributed by atoms with E-state index in [2.05, 4.69) is 39.0 Å². The number of carbonyl (C=O) groups excluding carboxylic acids is 1. The van der Waals surface area contributed by atoms with Crippen molar-refractivity contribution in [2.24, 2.45) is 5.92 Å². The van der Waals surface area contributed by atoms with E-state index in [1.54, 1.807) is 11.3 Å². The minimum atomic E-state index is -0.194. The van der Waals surface area contributed by atoms with Crippen molar-refractivity contribution in [3.8, 4) is 0 Å². The zero-order valence-electron chi connectivity index (χ0n) is 14.4. The van der Waals surface area contributed by atoms with Gasteiger partial charge in [0.1, 0.15) is 0 Å². The van der Waals surface area contributed by atoms with Crippen LogP contribution in [0.2, 0.25) is 0 Å². The van der Waals surface area contributed by atoms with Crippen molar-refractivity contribution >= 4 is 44.2 Å². The van der Waals surface area contributed by atoms with Gasteiger partial charge >= 0.3 is 0 Å². The Morgan fingerprint density at radius 2 is 2.12 bits per heavy atom. The summed E-state index contributed by atoms with van der Waals surface area (Å²) >= 11 is 3.10. The maximum absolute atomic E-state index is 12.6. The Balaban J connectivity index is 1.51. The van der Waals surface area contributed by atoms with Crippen LogP contribution >= 0.6 is 23.1 Å². The quantitative estimate of drug-likeness (QED) is 0.698. The van der Waals surface area contributed by atoms with Crippen molar-refractivity contribution in [1.82, 2.24) is 19.9 Å². The average molecular weight is 375 g/mol. The molecule has 25 heavy (non-hydrogen) atoms. The first-order valence-electron chi connectivity index (χ1n) is 8.83. The summed E-state index contributed by atoms with van der Waals surface area (Å²) in [5.74, 6) is 0.663. The molecule has 2 heterocycles. The number of carbonyl (C=O) groups is 1. The first-order valence-corrected chi connectivity index (χ1v) is 10.5. The number of thiazole rings is 1. The molecule has 0 unspecified atom stereocenters. The number of fused-ring (bicyclic) bond motifs is 3. The fraction of sp³-hybridized carbons (Fsp3) is 0.500. The fourth-order valence-electron chi connectivity index (χ4n) is 3.47. The Morgan fingerprint density at radius 1 is 1.32 bits per heavy atom. The smallest absolute Gasteiger partial charge is 0.233 e. The molecule has 2 aromatic heterocycles. The van der Waals surface area contributed by atoms with Crippen LogP contribution in [-0.2, 0) is 4.79 Å². The molecule has 0 spiro atoms. The summed E-state index contributed by atoms with van der Waals surface area (Å²) < 4.78 is 3.24. The molecule has 132 valence electrons. The van der Waals surface area contributed by atoms with Crippen LogP contribution in [0.5, 0.6) is 0 Å². The van der Waals surface area contributed by atoms with E-state index in [1.807, 2.05) is 19.1 Å². The summed E-state index contributed by atoms with van der Waals surface area (Å²) in [6.45, 7) is 4.19. The van der Waals surface area contributed by atoms with E-state index in [0.717, 1.165) is 22.1 Å². The highest BCUT2D eigenvalue weighted by molar-refractivity contribution is 8.00. The van der Waals surface area contributed by atoms with Gasteiger partial charge in [-0.3, -0.25) is 9.20 Å². The van der Waals surface area contributed by atoms with Crippen molar-refractivity contribution < 1.29 is 4.79 Å². The number of hydrogen-bond acceptors (Lipinski definition) is 5. The highest BCUT2D eigenvalue weighted by Gasteiger charge is 2.26. The topological polar surface area (TPSA) is 59.3 Å². The third-order valence-corrected chi connectivity index (χ3v) is 7.06. The van der Waals surface area contributed by atoms with E-state index in [9.17, 15) is 4.79 Å². The van der Waals surface area contributed by atoms with Gasteiger partial charge in [-0.15, -0.1) is 10.2 Å². The molecule has 0 bridgehead atoms. The Bertz CT molecular complexity index is 903. The third kappa shape index (κ3) is 3.27. The molecule has 1 aliphatic rings. The van der Waals surface area contributed by atoms with Crippen molar-refractivity contribution in [3.05, 3.63) is 24.3 Å². The van der Waals surface area contributed by atoms with Crippen molar-refractivity contribution in [1.29, 1.82) is 0 Å². The number of benzene rings is 1. The van der Waals surface area contributed by atoms with Gasteiger partial charge in [-0.1, -0.05) is 55.0 Å². The summed E-state index contributed by atoms with van der Waals surface area (Å²) in [4.78, 5) is 13.5. The largest absolute Gasteiger partial charge is 0.352 e. The molecule has 1 aromatic carbocycles. The molecule has 0 radical (unpaired) electrons. The molecule has 1 aliphatic carbocycles. The van der Waals surface area contributed by atoms with Crippen LogP contribution in [0.25, 0.3) is 15.2 Å². The zero-order valence-corrected chi connectivity index (χ0v) is 16.1. The fourth-order valence-corrected chi connectivity index (χ4v) is 5.37. The Kier molecular flexibility index (Phi) is 4.69. The number of hydrogen-bond donors (Lipinski definition) is 1.